The topological polar surface area (TPSA) is 81.8 Å². The number of hydrogen-bond donors (Lipinski definition) is 1. The van der Waals surface area contributed by atoms with Gasteiger partial charge in [0.25, 0.3) is 0 Å². The van der Waals surface area contributed by atoms with Gasteiger partial charge in [0, 0.05) is 29.5 Å². The molecule has 5 aliphatic carbocycles. The Morgan fingerprint density at radius 3 is 2.24 bits per heavy atom. The van der Waals surface area contributed by atoms with E-state index in [1.165, 1.54) is 44.6 Å². The van der Waals surface area contributed by atoms with Gasteiger partial charge in [-0.2, -0.15) is 0 Å². The summed E-state index contributed by atoms with van der Waals surface area (Å²) in [6.07, 6.45) is 14.3. The van der Waals surface area contributed by atoms with Gasteiger partial charge in [0.05, 0.1) is 10.7 Å². The molecule has 41 heavy (non-hydrogen) atoms. The summed E-state index contributed by atoms with van der Waals surface area (Å²) >= 11 is 0. The molecule has 6 heteroatoms. The van der Waals surface area contributed by atoms with E-state index < -0.39 is 4.92 Å². The van der Waals surface area contributed by atoms with Gasteiger partial charge in [0.15, 0.2) is 0 Å². The van der Waals surface area contributed by atoms with Gasteiger partial charge in [-0.15, -0.1) is 0 Å². The number of nitro groups is 1. The van der Waals surface area contributed by atoms with E-state index in [9.17, 15) is 15.2 Å². The molecular formula is C35H35NO5. The second-order valence-corrected chi connectivity index (χ2v) is 12.6. The molecule has 1 N–H and O–H groups in total. The van der Waals surface area contributed by atoms with Gasteiger partial charge in [0.2, 0.25) is 5.75 Å². The maximum Gasteiger partial charge on any atom is 0.311 e. The van der Waals surface area contributed by atoms with Crippen molar-refractivity contribution in [3.05, 3.63) is 118 Å². The molecule has 6 nitrogen and oxygen atoms in total. The van der Waals surface area contributed by atoms with Crippen LogP contribution in [0, 0.1) is 33.3 Å². The van der Waals surface area contributed by atoms with E-state index in [0.717, 1.165) is 28.9 Å². The lowest BCUT2D eigenvalue weighted by atomic mass is 9.40. The van der Waals surface area contributed by atoms with Crippen LogP contribution >= 0.6 is 0 Å². The monoisotopic (exact) mass is 549 g/mol. The van der Waals surface area contributed by atoms with E-state index in [-0.39, 0.29) is 28.9 Å². The van der Waals surface area contributed by atoms with Crippen molar-refractivity contribution in [2.24, 2.45) is 23.2 Å². The van der Waals surface area contributed by atoms with E-state index in [2.05, 4.69) is 18.2 Å². The van der Waals surface area contributed by atoms with Crippen molar-refractivity contribution in [2.45, 2.75) is 57.0 Å². The first-order valence-corrected chi connectivity index (χ1v) is 14.7. The molecule has 0 saturated heterocycles. The van der Waals surface area contributed by atoms with Crippen molar-refractivity contribution in [3.63, 3.8) is 0 Å². The summed E-state index contributed by atoms with van der Waals surface area (Å²) in [5.41, 5.74) is 1.58. The number of allylic oxidation sites excluding steroid dienone is 4. The first kappa shape index (κ1) is 25.9. The summed E-state index contributed by atoms with van der Waals surface area (Å²) in [5, 5.41) is 22.7. The average Bonchev–Trinajstić information content (AvgIpc) is 2.96. The van der Waals surface area contributed by atoms with Crippen LogP contribution in [-0.4, -0.2) is 10.0 Å². The molecule has 210 valence electrons. The van der Waals surface area contributed by atoms with Crippen LogP contribution in [0.5, 0.6) is 17.2 Å². The normalized spacial score (nSPS) is 29.7. The number of rotatable bonds is 8. The highest BCUT2D eigenvalue weighted by atomic mass is 16.6. The molecule has 0 aliphatic heterocycles. The molecule has 1 atom stereocenters. The minimum Gasteiger partial charge on any atom is -0.512 e. The highest BCUT2D eigenvalue weighted by Gasteiger charge is 2.61. The second kappa shape index (κ2) is 10.1. The standard InChI is InChI=1S/C35H35NO5/c37-28-9-6-14-35(22-28,34-19-25-15-26(20-34)17-27(16-25)21-34)30-10-4-5-11-32(30)41-29-12-13-31(36(38)39)33(18-29)40-23-24-7-2-1-3-8-24/h1-14,18,25-27,37H,15-17,19-23H2. The number of aliphatic hydroxyl groups excluding tert-OH is 1. The largest absolute Gasteiger partial charge is 0.512 e. The van der Waals surface area contributed by atoms with E-state index in [1.807, 2.05) is 54.6 Å². The van der Waals surface area contributed by atoms with Crippen molar-refractivity contribution in [3.8, 4) is 17.2 Å². The first-order chi connectivity index (χ1) is 19.9. The van der Waals surface area contributed by atoms with Gasteiger partial charge >= 0.3 is 5.69 Å². The Kier molecular flexibility index (Phi) is 6.37. The summed E-state index contributed by atoms with van der Waals surface area (Å²) in [5.74, 6) is 4.04. The van der Waals surface area contributed by atoms with Crippen molar-refractivity contribution in [1.29, 1.82) is 0 Å². The summed E-state index contributed by atoms with van der Waals surface area (Å²) in [6.45, 7) is 0.216. The van der Waals surface area contributed by atoms with Crippen molar-refractivity contribution < 1.29 is 19.5 Å². The van der Waals surface area contributed by atoms with Crippen LogP contribution < -0.4 is 9.47 Å². The van der Waals surface area contributed by atoms with Crippen LogP contribution in [-0.2, 0) is 12.0 Å². The van der Waals surface area contributed by atoms with Gasteiger partial charge < -0.3 is 14.6 Å². The van der Waals surface area contributed by atoms with Crippen molar-refractivity contribution >= 4 is 5.69 Å². The van der Waals surface area contributed by atoms with Crippen LogP contribution in [0.1, 0.15) is 56.1 Å². The molecule has 0 aromatic heterocycles. The Morgan fingerprint density at radius 2 is 1.56 bits per heavy atom. The van der Waals surface area contributed by atoms with Crippen LogP contribution in [0.3, 0.4) is 0 Å². The van der Waals surface area contributed by atoms with Gasteiger partial charge in [-0.3, -0.25) is 10.1 Å². The van der Waals surface area contributed by atoms with Crippen LogP contribution in [0.25, 0.3) is 0 Å². The smallest absolute Gasteiger partial charge is 0.311 e. The zero-order valence-electron chi connectivity index (χ0n) is 23.1. The average molecular weight is 550 g/mol. The molecule has 4 bridgehead atoms. The number of nitrogens with zero attached hydrogens (tertiary/aromatic N) is 1. The minimum atomic E-state index is -0.429. The molecule has 0 heterocycles. The Labute approximate surface area is 240 Å². The van der Waals surface area contributed by atoms with Gasteiger partial charge in [-0.25, -0.2) is 0 Å². The molecule has 0 radical (unpaired) electrons. The third-order valence-electron chi connectivity index (χ3n) is 10.1. The van der Waals surface area contributed by atoms with Crippen LogP contribution in [0.2, 0.25) is 0 Å². The minimum absolute atomic E-state index is 0.0688. The maximum absolute atomic E-state index is 11.8. The molecule has 4 saturated carbocycles. The molecule has 5 aliphatic rings. The lowest BCUT2D eigenvalue weighted by Gasteiger charge is -2.64. The van der Waals surface area contributed by atoms with E-state index in [4.69, 9.17) is 9.47 Å². The van der Waals surface area contributed by atoms with Gasteiger partial charge in [-0.1, -0.05) is 60.7 Å². The predicted molar refractivity (Wildman–Crippen MR) is 157 cm³/mol. The summed E-state index contributed by atoms with van der Waals surface area (Å²) in [7, 11) is 0. The fourth-order valence-corrected chi connectivity index (χ4v) is 8.83. The molecule has 4 fully saturated rings. The summed E-state index contributed by atoms with van der Waals surface area (Å²) < 4.78 is 12.5. The maximum atomic E-state index is 11.8. The third kappa shape index (κ3) is 4.59. The van der Waals surface area contributed by atoms with Crippen molar-refractivity contribution in [1.82, 2.24) is 0 Å². The predicted octanol–water partition coefficient (Wildman–Crippen LogP) is 8.82. The number of nitro benzene ring substituents is 1. The molecule has 0 spiro atoms. The zero-order valence-corrected chi connectivity index (χ0v) is 23.1. The molecule has 1 unspecified atom stereocenters. The van der Waals surface area contributed by atoms with Gasteiger partial charge in [-0.05, 0) is 85.5 Å². The van der Waals surface area contributed by atoms with E-state index in [1.54, 1.807) is 12.1 Å². The van der Waals surface area contributed by atoms with Gasteiger partial charge in [0.1, 0.15) is 18.1 Å². The summed E-state index contributed by atoms with van der Waals surface area (Å²) in [4.78, 5) is 11.4. The Morgan fingerprint density at radius 1 is 0.878 bits per heavy atom. The zero-order chi connectivity index (χ0) is 28.0. The lowest BCUT2D eigenvalue weighted by molar-refractivity contribution is -0.386. The molecule has 3 aromatic carbocycles. The third-order valence-corrected chi connectivity index (χ3v) is 10.1. The fraction of sp³-hybridized carbons (Fsp3) is 0.371. The highest BCUT2D eigenvalue weighted by molar-refractivity contribution is 5.54. The summed E-state index contributed by atoms with van der Waals surface area (Å²) in [6, 6.07) is 22.4. The Bertz CT molecular complexity index is 1490. The van der Waals surface area contributed by atoms with Crippen LogP contribution in [0.15, 0.2) is 96.8 Å². The number of aliphatic hydroxyl groups is 1. The van der Waals surface area contributed by atoms with Crippen molar-refractivity contribution in [2.75, 3.05) is 0 Å². The number of benzene rings is 3. The number of hydrogen-bond acceptors (Lipinski definition) is 5. The Hall–Kier alpha value is -4.06. The Balaban J connectivity index is 1.26. The first-order valence-electron chi connectivity index (χ1n) is 14.7. The number of para-hydroxylation sites is 1. The van der Waals surface area contributed by atoms with Crippen LogP contribution in [0.4, 0.5) is 5.69 Å². The molecule has 8 rings (SSSR count). The van der Waals surface area contributed by atoms with E-state index >= 15 is 0 Å². The molecular weight excluding hydrogens is 514 g/mol. The second-order valence-electron chi connectivity index (χ2n) is 12.6. The SMILES string of the molecule is O=[N+]([O-])c1ccc(Oc2ccccc2C2(C34CC5CC(CC(C5)C3)C4)C=CC=C(O)C2)cc1OCc1ccccc1. The van der Waals surface area contributed by atoms with E-state index in [0.29, 0.717) is 23.7 Å². The lowest BCUT2D eigenvalue weighted by Crippen LogP contribution is -2.56. The number of ether oxygens (including phenoxy) is 2. The highest BCUT2D eigenvalue weighted by Crippen LogP contribution is 2.69. The molecule has 3 aromatic rings. The quantitative estimate of drug-likeness (QED) is 0.224. The molecule has 0 amide bonds. The fourth-order valence-electron chi connectivity index (χ4n) is 8.83.